The molecule has 2 aromatic rings. The molecule has 3 nitrogen and oxygen atoms in total. The van der Waals surface area contributed by atoms with E-state index in [0.717, 1.165) is 5.56 Å². The maximum absolute atomic E-state index is 12.6. The number of benzene rings is 1. The van der Waals surface area contributed by atoms with E-state index in [4.69, 9.17) is 9.84 Å². The van der Waals surface area contributed by atoms with Crippen LogP contribution in [0.1, 0.15) is 5.56 Å². The number of pyridine rings is 1. The molecule has 0 aliphatic rings. The Labute approximate surface area is 98.5 Å². The Hall–Kier alpha value is -1.94. The standard InChI is InChI=1S/C13H12FNO2/c14-13-5-4-12(9-15-13)17-11-3-1-2-10(8-11)6-7-16/h1-5,8-9,16H,6-7H2. The number of ether oxygens (including phenoxy) is 1. The summed E-state index contributed by atoms with van der Waals surface area (Å²) >= 11 is 0. The second-order valence-electron chi connectivity index (χ2n) is 3.54. The van der Waals surface area contributed by atoms with Crippen molar-refractivity contribution in [3.8, 4) is 11.5 Å². The molecule has 0 atom stereocenters. The maximum atomic E-state index is 12.6. The fourth-order valence-electron chi connectivity index (χ4n) is 1.45. The summed E-state index contributed by atoms with van der Waals surface area (Å²) in [6.07, 6.45) is 1.91. The van der Waals surface area contributed by atoms with Crippen molar-refractivity contribution in [2.24, 2.45) is 0 Å². The highest BCUT2D eigenvalue weighted by Gasteiger charge is 2.00. The van der Waals surface area contributed by atoms with Crippen molar-refractivity contribution in [1.82, 2.24) is 4.98 Å². The van der Waals surface area contributed by atoms with Crippen LogP contribution in [0.2, 0.25) is 0 Å². The van der Waals surface area contributed by atoms with Crippen LogP contribution in [0.3, 0.4) is 0 Å². The molecule has 0 bridgehead atoms. The molecule has 0 saturated carbocycles. The summed E-state index contributed by atoms with van der Waals surface area (Å²) in [4.78, 5) is 3.50. The van der Waals surface area contributed by atoms with Gasteiger partial charge in [-0.1, -0.05) is 12.1 Å². The monoisotopic (exact) mass is 233 g/mol. The van der Waals surface area contributed by atoms with Gasteiger partial charge < -0.3 is 9.84 Å². The van der Waals surface area contributed by atoms with Gasteiger partial charge in [0.2, 0.25) is 5.95 Å². The van der Waals surface area contributed by atoms with Gasteiger partial charge in [-0.3, -0.25) is 0 Å². The first kappa shape index (κ1) is 11.5. The van der Waals surface area contributed by atoms with Gasteiger partial charge in [-0.15, -0.1) is 0 Å². The predicted octanol–water partition coefficient (Wildman–Crippen LogP) is 2.55. The van der Waals surface area contributed by atoms with Crippen LogP contribution in [0.15, 0.2) is 42.6 Å². The third-order valence-electron chi connectivity index (χ3n) is 2.23. The zero-order valence-electron chi connectivity index (χ0n) is 9.14. The van der Waals surface area contributed by atoms with Gasteiger partial charge in [0, 0.05) is 6.61 Å². The average molecular weight is 233 g/mol. The zero-order chi connectivity index (χ0) is 12.1. The lowest BCUT2D eigenvalue weighted by atomic mass is 10.1. The lowest BCUT2D eigenvalue weighted by molar-refractivity contribution is 0.299. The van der Waals surface area contributed by atoms with Crippen LogP contribution < -0.4 is 4.74 Å². The quantitative estimate of drug-likeness (QED) is 0.825. The molecule has 17 heavy (non-hydrogen) atoms. The van der Waals surface area contributed by atoms with Gasteiger partial charge in [-0.25, -0.2) is 4.98 Å². The molecule has 1 N–H and O–H groups in total. The Balaban J connectivity index is 2.12. The van der Waals surface area contributed by atoms with Gasteiger partial charge in [0.1, 0.15) is 11.5 Å². The highest BCUT2D eigenvalue weighted by molar-refractivity contribution is 5.32. The average Bonchev–Trinajstić information content (AvgIpc) is 2.33. The van der Waals surface area contributed by atoms with Crippen molar-refractivity contribution in [3.05, 3.63) is 54.1 Å². The van der Waals surface area contributed by atoms with E-state index >= 15 is 0 Å². The Morgan fingerprint density at radius 3 is 2.76 bits per heavy atom. The number of hydrogen-bond donors (Lipinski definition) is 1. The molecule has 1 heterocycles. The van der Waals surface area contributed by atoms with Crippen molar-refractivity contribution >= 4 is 0 Å². The third-order valence-corrected chi connectivity index (χ3v) is 2.23. The van der Waals surface area contributed by atoms with Crippen LogP contribution in [-0.2, 0) is 6.42 Å². The van der Waals surface area contributed by atoms with Gasteiger partial charge in [-0.05, 0) is 36.2 Å². The van der Waals surface area contributed by atoms with Crippen molar-refractivity contribution in [2.75, 3.05) is 6.61 Å². The first-order valence-corrected chi connectivity index (χ1v) is 5.27. The van der Waals surface area contributed by atoms with Gasteiger partial charge >= 0.3 is 0 Å². The summed E-state index contributed by atoms with van der Waals surface area (Å²) < 4.78 is 18.1. The fraction of sp³-hybridized carbons (Fsp3) is 0.154. The van der Waals surface area contributed by atoms with Crippen LogP contribution in [-0.4, -0.2) is 16.7 Å². The lowest BCUT2D eigenvalue weighted by Gasteiger charge is -2.06. The number of aliphatic hydroxyl groups is 1. The SMILES string of the molecule is OCCc1cccc(Oc2ccc(F)nc2)c1. The highest BCUT2D eigenvalue weighted by Crippen LogP contribution is 2.21. The molecule has 0 fully saturated rings. The summed E-state index contributed by atoms with van der Waals surface area (Å²) in [6.45, 7) is 0.0988. The normalized spacial score (nSPS) is 10.2. The number of nitrogens with zero attached hydrogens (tertiary/aromatic N) is 1. The summed E-state index contributed by atoms with van der Waals surface area (Å²) in [5, 5.41) is 8.84. The van der Waals surface area contributed by atoms with E-state index in [1.165, 1.54) is 18.3 Å². The first-order chi connectivity index (χ1) is 8.28. The van der Waals surface area contributed by atoms with E-state index in [1.807, 2.05) is 18.2 Å². The zero-order valence-corrected chi connectivity index (χ0v) is 9.14. The molecular weight excluding hydrogens is 221 g/mol. The molecule has 2 rings (SSSR count). The fourth-order valence-corrected chi connectivity index (χ4v) is 1.45. The Bertz CT molecular complexity index is 485. The van der Waals surface area contributed by atoms with Crippen molar-refractivity contribution in [1.29, 1.82) is 0 Å². The minimum absolute atomic E-state index is 0.0988. The summed E-state index contributed by atoms with van der Waals surface area (Å²) in [6, 6.07) is 10.1. The van der Waals surface area contributed by atoms with E-state index in [1.54, 1.807) is 6.07 Å². The number of rotatable bonds is 4. The van der Waals surface area contributed by atoms with E-state index in [9.17, 15) is 4.39 Å². The van der Waals surface area contributed by atoms with E-state index < -0.39 is 5.95 Å². The van der Waals surface area contributed by atoms with Crippen LogP contribution >= 0.6 is 0 Å². The van der Waals surface area contributed by atoms with E-state index in [2.05, 4.69) is 4.98 Å². The van der Waals surface area contributed by atoms with Crippen LogP contribution in [0.25, 0.3) is 0 Å². The Kier molecular flexibility index (Phi) is 3.67. The van der Waals surface area contributed by atoms with Crippen molar-refractivity contribution in [2.45, 2.75) is 6.42 Å². The maximum Gasteiger partial charge on any atom is 0.213 e. The molecule has 0 aliphatic heterocycles. The molecule has 0 saturated heterocycles. The predicted molar refractivity (Wildman–Crippen MR) is 61.5 cm³/mol. The van der Waals surface area contributed by atoms with Crippen LogP contribution in [0.5, 0.6) is 11.5 Å². The molecule has 0 radical (unpaired) electrons. The van der Waals surface area contributed by atoms with Gasteiger partial charge in [-0.2, -0.15) is 4.39 Å². The minimum atomic E-state index is -0.536. The van der Waals surface area contributed by atoms with Crippen LogP contribution in [0, 0.1) is 5.95 Å². The van der Waals surface area contributed by atoms with Gasteiger partial charge in [0.15, 0.2) is 0 Å². The largest absolute Gasteiger partial charge is 0.456 e. The van der Waals surface area contributed by atoms with Gasteiger partial charge in [0.25, 0.3) is 0 Å². The second kappa shape index (κ2) is 5.41. The van der Waals surface area contributed by atoms with Crippen molar-refractivity contribution in [3.63, 3.8) is 0 Å². The topological polar surface area (TPSA) is 42.4 Å². The number of aromatic nitrogens is 1. The molecule has 1 aromatic heterocycles. The molecule has 1 aromatic carbocycles. The minimum Gasteiger partial charge on any atom is -0.456 e. The molecule has 0 amide bonds. The molecule has 0 spiro atoms. The molecule has 88 valence electrons. The number of hydrogen-bond acceptors (Lipinski definition) is 3. The summed E-state index contributed by atoms with van der Waals surface area (Å²) in [7, 11) is 0. The Morgan fingerprint density at radius 2 is 2.06 bits per heavy atom. The Morgan fingerprint density at radius 1 is 1.18 bits per heavy atom. The number of aliphatic hydroxyl groups excluding tert-OH is 1. The molecule has 4 heteroatoms. The first-order valence-electron chi connectivity index (χ1n) is 5.27. The molecular formula is C13H12FNO2. The molecule has 0 aliphatic carbocycles. The van der Waals surface area contributed by atoms with E-state index in [-0.39, 0.29) is 6.61 Å². The third kappa shape index (κ3) is 3.26. The second-order valence-corrected chi connectivity index (χ2v) is 3.54. The summed E-state index contributed by atoms with van der Waals surface area (Å²) in [5.74, 6) is 0.586. The van der Waals surface area contributed by atoms with Crippen molar-refractivity contribution < 1.29 is 14.2 Å². The smallest absolute Gasteiger partial charge is 0.213 e. The van der Waals surface area contributed by atoms with Gasteiger partial charge in [0.05, 0.1) is 6.20 Å². The molecule has 0 unspecified atom stereocenters. The lowest BCUT2D eigenvalue weighted by Crippen LogP contribution is -1.92. The number of halogens is 1. The highest BCUT2D eigenvalue weighted by atomic mass is 19.1. The van der Waals surface area contributed by atoms with Crippen LogP contribution in [0.4, 0.5) is 4.39 Å². The van der Waals surface area contributed by atoms with E-state index in [0.29, 0.717) is 17.9 Å². The summed E-state index contributed by atoms with van der Waals surface area (Å²) in [5.41, 5.74) is 0.986.